The van der Waals surface area contributed by atoms with Crippen molar-refractivity contribution in [2.24, 2.45) is 5.41 Å². The molecule has 4 rings (SSSR count). The van der Waals surface area contributed by atoms with Crippen molar-refractivity contribution < 1.29 is 5.82 Å². The van der Waals surface area contributed by atoms with Crippen LogP contribution in [0, 0.1) is 11.2 Å². The zero-order valence-corrected chi connectivity index (χ0v) is 19.2. The number of imidazole rings is 1. The fraction of sp³-hybridized carbons (Fsp3) is 0.458. The summed E-state index contributed by atoms with van der Waals surface area (Å²) in [6.07, 6.45) is 8.95. The molecule has 7 heteroatoms. The quantitative estimate of drug-likeness (QED) is 0.398. The lowest BCUT2D eigenvalue weighted by Gasteiger charge is -2.18. The molecule has 0 fully saturated rings. The van der Waals surface area contributed by atoms with Gasteiger partial charge in [0.15, 0.2) is 0 Å². The Morgan fingerprint density at radius 3 is 2.58 bits per heavy atom. The van der Waals surface area contributed by atoms with Gasteiger partial charge >= 0.3 is 0 Å². The molecule has 3 aromatic heterocycles. The molecule has 4 aromatic rings. The van der Waals surface area contributed by atoms with E-state index < -0.39 is 0 Å². The van der Waals surface area contributed by atoms with E-state index in [0.717, 1.165) is 59.6 Å². The Morgan fingerprint density at radius 2 is 1.87 bits per heavy atom. The summed E-state index contributed by atoms with van der Waals surface area (Å²) in [5.41, 5.74) is 3.17. The van der Waals surface area contributed by atoms with E-state index in [-0.39, 0.29) is 12.7 Å². The summed E-state index contributed by atoms with van der Waals surface area (Å²) in [4.78, 5) is 10.4. The molecule has 0 spiro atoms. The van der Waals surface area contributed by atoms with E-state index in [1.165, 1.54) is 12.1 Å². The van der Waals surface area contributed by atoms with Crippen molar-refractivity contribution >= 4 is 10.9 Å². The molecule has 0 aliphatic rings. The number of nitrogens with one attached hydrogen (secondary N) is 2. The largest absolute Gasteiger partial charge is 0.361 e. The average Bonchev–Trinajstić information content (AvgIpc) is 3.45. The first-order chi connectivity index (χ1) is 14.9. The number of hydrogen-bond acceptors (Lipinski definition) is 3. The minimum atomic E-state index is -0.236. The minimum Gasteiger partial charge on any atom is -0.361 e. The van der Waals surface area contributed by atoms with Crippen LogP contribution in [0.3, 0.4) is 0 Å². The maximum absolute atomic E-state index is 13.5. The summed E-state index contributed by atoms with van der Waals surface area (Å²) in [5.74, 6) is 1.72. The number of aromatic nitrogens is 6. The number of H-pyrrole nitrogens is 2. The van der Waals surface area contributed by atoms with Gasteiger partial charge in [0.05, 0.1) is 6.33 Å². The first-order valence-corrected chi connectivity index (χ1v) is 11.0. The van der Waals surface area contributed by atoms with Gasteiger partial charge in [-0.1, -0.05) is 34.6 Å². The van der Waals surface area contributed by atoms with Crippen molar-refractivity contribution in [3.63, 3.8) is 0 Å². The third-order valence-electron chi connectivity index (χ3n) is 5.05. The Labute approximate surface area is 184 Å². The van der Waals surface area contributed by atoms with Crippen LogP contribution in [-0.4, -0.2) is 29.7 Å². The zero-order valence-electron chi connectivity index (χ0n) is 19.2. The summed E-state index contributed by atoms with van der Waals surface area (Å²) in [7, 11) is 0. The molecule has 1 aromatic carbocycles. The molecule has 0 bridgehead atoms. The third-order valence-corrected chi connectivity index (χ3v) is 5.05. The van der Waals surface area contributed by atoms with Crippen LogP contribution in [0.15, 0.2) is 36.9 Å². The van der Waals surface area contributed by atoms with Gasteiger partial charge in [-0.25, -0.2) is 9.37 Å². The normalized spacial score (nSPS) is 11.5. The number of fused-ring (bicyclic) bond motifs is 1. The predicted molar refractivity (Wildman–Crippen MR) is 125 cm³/mol. The molecule has 168 valence electrons. The van der Waals surface area contributed by atoms with Gasteiger partial charge in [0.2, 0.25) is 0 Å². The van der Waals surface area contributed by atoms with E-state index in [0.29, 0.717) is 6.42 Å². The summed E-state index contributed by atoms with van der Waals surface area (Å²) in [6, 6.07) is 4.85. The van der Waals surface area contributed by atoms with E-state index in [1.54, 1.807) is 6.33 Å². The van der Waals surface area contributed by atoms with Crippen LogP contribution in [0.25, 0.3) is 10.9 Å². The number of aryl methyl sites for hydroxylation is 1. The average molecular weight is 427 g/mol. The molecule has 0 unspecified atom stereocenters. The summed E-state index contributed by atoms with van der Waals surface area (Å²) < 4.78 is 15.8. The van der Waals surface area contributed by atoms with Crippen molar-refractivity contribution in [1.29, 1.82) is 0 Å². The van der Waals surface area contributed by atoms with Crippen molar-refractivity contribution in [3.8, 4) is 0 Å². The second-order valence-corrected chi connectivity index (χ2v) is 8.78. The van der Waals surface area contributed by atoms with Gasteiger partial charge in [0, 0.05) is 49.8 Å². The molecule has 3 heterocycles. The molecular weight excluding hydrogens is 391 g/mol. The highest BCUT2D eigenvalue weighted by molar-refractivity contribution is 5.83. The topological polar surface area (TPSA) is 75.2 Å². The number of benzene rings is 1. The SMILES string of the molecule is CC.CC(C)(C)Cc1nnc(Cc2c[nH]c3cc(F)ccc23)n1CCCc1cnc[nH]1.[HH]. The first kappa shape index (κ1) is 22.7. The summed E-state index contributed by atoms with van der Waals surface area (Å²) in [6.45, 7) is 11.5. The molecule has 0 radical (unpaired) electrons. The second kappa shape index (κ2) is 9.90. The third kappa shape index (κ3) is 5.81. The Hall–Kier alpha value is -2.96. The molecule has 2 N–H and O–H groups in total. The smallest absolute Gasteiger partial charge is 0.137 e. The number of hydrogen-bond donors (Lipinski definition) is 2. The lowest BCUT2D eigenvalue weighted by atomic mass is 9.92. The van der Waals surface area contributed by atoms with Crippen molar-refractivity contribution in [3.05, 3.63) is 65.6 Å². The lowest BCUT2D eigenvalue weighted by Crippen LogP contribution is -2.16. The zero-order chi connectivity index (χ0) is 22.4. The van der Waals surface area contributed by atoms with Gasteiger partial charge in [0.1, 0.15) is 17.5 Å². The van der Waals surface area contributed by atoms with Gasteiger partial charge < -0.3 is 14.5 Å². The molecule has 31 heavy (non-hydrogen) atoms. The van der Waals surface area contributed by atoms with Crippen LogP contribution in [0.5, 0.6) is 0 Å². The van der Waals surface area contributed by atoms with Crippen LogP contribution in [0.2, 0.25) is 0 Å². The Morgan fingerprint density at radius 1 is 1.10 bits per heavy atom. The van der Waals surface area contributed by atoms with E-state index in [1.807, 2.05) is 32.3 Å². The standard InChI is InChI=1S/C22H27FN6.C2H6.H2/c1-22(2,3)11-21-28-27-20(29(21)8-4-5-17-13-24-14-26-17)9-15-12-25-19-10-16(23)6-7-18(15)19;1-2;/h6-7,10,12-14,25H,4-5,8-9,11H2,1-3H3,(H,24,26);1-2H3;1H. The highest BCUT2D eigenvalue weighted by Gasteiger charge is 2.20. The number of halogens is 1. The molecule has 0 aliphatic carbocycles. The van der Waals surface area contributed by atoms with Gasteiger partial charge in [-0.05, 0) is 42.0 Å². The Bertz CT molecular complexity index is 1090. The van der Waals surface area contributed by atoms with Crippen LogP contribution in [0.1, 0.15) is 65.4 Å². The van der Waals surface area contributed by atoms with E-state index in [2.05, 4.69) is 50.5 Å². The molecule has 6 nitrogen and oxygen atoms in total. The molecular formula is C24H35FN6. The number of nitrogens with zero attached hydrogens (tertiary/aromatic N) is 4. The molecule has 0 saturated heterocycles. The molecule has 0 atom stereocenters. The van der Waals surface area contributed by atoms with Crippen molar-refractivity contribution in [2.75, 3.05) is 0 Å². The second-order valence-electron chi connectivity index (χ2n) is 8.78. The summed E-state index contributed by atoms with van der Waals surface area (Å²) >= 11 is 0. The van der Waals surface area contributed by atoms with E-state index >= 15 is 0 Å². The van der Waals surface area contributed by atoms with E-state index in [9.17, 15) is 4.39 Å². The number of rotatable bonds is 7. The first-order valence-electron chi connectivity index (χ1n) is 11.0. The van der Waals surface area contributed by atoms with Crippen LogP contribution >= 0.6 is 0 Å². The maximum atomic E-state index is 13.5. The van der Waals surface area contributed by atoms with E-state index in [4.69, 9.17) is 0 Å². The van der Waals surface area contributed by atoms with Crippen molar-refractivity contribution in [1.82, 2.24) is 29.7 Å². The minimum absolute atomic E-state index is 0. The highest BCUT2D eigenvalue weighted by Crippen LogP contribution is 2.24. The van der Waals surface area contributed by atoms with Gasteiger partial charge in [0.25, 0.3) is 0 Å². The number of aromatic amines is 2. The highest BCUT2D eigenvalue weighted by atomic mass is 19.1. The maximum Gasteiger partial charge on any atom is 0.137 e. The van der Waals surface area contributed by atoms with Crippen LogP contribution in [-0.2, 0) is 25.8 Å². The van der Waals surface area contributed by atoms with Crippen LogP contribution < -0.4 is 0 Å². The Kier molecular flexibility index (Phi) is 7.25. The van der Waals surface area contributed by atoms with Gasteiger partial charge in [-0.2, -0.15) is 0 Å². The lowest BCUT2D eigenvalue weighted by molar-refractivity contribution is 0.389. The molecule has 0 aliphatic heterocycles. The predicted octanol–water partition coefficient (Wildman–Crippen LogP) is 5.71. The Balaban J connectivity index is 0.00000118. The molecule has 0 amide bonds. The summed E-state index contributed by atoms with van der Waals surface area (Å²) in [5, 5.41) is 10.1. The fourth-order valence-corrected chi connectivity index (χ4v) is 3.69. The fourth-order valence-electron chi connectivity index (χ4n) is 3.69. The monoisotopic (exact) mass is 426 g/mol. The molecule has 0 saturated carbocycles. The van der Waals surface area contributed by atoms with Crippen LogP contribution in [0.4, 0.5) is 4.39 Å². The van der Waals surface area contributed by atoms with Gasteiger partial charge in [-0.3, -0.25) is 0 Å². The van der Waals surface area contributed by atoms with Crippen molar-refractivity contribution in [2.45, 2.75) is 66.8 Å². The van der Waals surface area contributed by atoms with Gasteiger partial charge in [-0.15, -0.1) is 10.2 Å².